The maximum Gasteiger partial charge on any atom is 0.258 e. The molecule has 1 aromatic carbocycles. The van der Waals surface area contributed by atoms with Gasteiger partial charge in [0.05, 0.1) is 11.1 Å². The predicted molar refractivity (Wildman–Crippen MR) is 83.0 cm³/mol. The zero-order chi connectivity index (χ0) is 14.9. The van der Waals surface area contributed by atoms with Crippen molar-refractivity contribution in [3.63, 3.8) is 0 Å². The molecule has 0 saturated carbocycles. The molecule has 3 heterocycles. The lowest BCUT2D eigenvalue weighted by atomic mass is 10.1. The van der Waals surface area contributed by atoms with Gasteiger partial charge in [0.1, 0.15) is 0 Å². The van der Waals surface area contributed by atoms with Crippen LogP contribution in [0.5, 0.6) is 0 Å². The Kier molecular flexibility index (Phi) is 2.89. The summed E-state index contributed by atoms with van der Waals surface area (Å²) in [5.41, 5.74) is 3.61. The molecule has 0 bridgehead atoms. The molecule has 0 radical (unpaired) electrons. The van der Waals surface area contributed by atoms with Crippen molar-refractivity contribution in [3.05, 3.63) is 60.6 Å². The highest BCUT2D eigenvalue weighted by molar-refractivity contribution is 5.92. The van der Waals surface area contributed by atoms with Gasteiger partial charge in [-0.05, 0) is 31.2 Å². The highest BCUT2D eigenvalue weighted by atomic mass is 16.5. The summed E-state index contributed by atoms with van der Waals surface area (Å²) in [4.78, 5) is 13.0. The number of fused-ring (bicyclic) bond motifs is 1. The van der Waals surface area contributed by atoms with Crippen molar-refractivity contribution in [2.75, 3.05) is 0 Å². The minimum absolute atomic E-state index is 0.494. The van der Waals surface area contributed by atoms with Gasteiger partial charge < -0.3 is 4.52 Å². The zero-order valence-electron chi connectivity index (χ0n) is 11.9. The molecule has 0 aliphatic rings. The normalized spacial score (nSPS) is 11.0. The van der Waals surface area contributed by atoms with Crippen LogP contribution in [0.4, 0.5) is 0 Å². The minimum Gasteiger partial charge on any atom is -0.334 e. The molecular weight excluding hydrogens is 276 g/mol. The molecule has 5 nitrogen and oxygen atoms in total. The fourth-order valence-electron chi connectivity index (χ4n) is 2.44. The highest BCUT2D eigenvalue weighted by Crippen LogP contribution is 2.28. The molecule has 0 aliphatic carbocycles. The van der Waals surface area contributed by atoms with Gasteiger partial charge in [0.25, 0.3) is 5.89 Å². The molecule has 106 valence electrons. The fourth-order valence-corrected chi connectivity index (χ4v) is 2.44. The summed E-state index contributed by atoms with van der Waals surface area (Å²) >= 11 is 0. The van der Waals surface area contributed by atoms with Gasteiger partial charge in [0.2, 0.25) is 5.82 Å². The number of nitrogens with zero attached hydrogens (tertiary/aromatic N) is 4. The zero-order valence-corrected chi connectivity index (χ0v) is 11.9. The quantitative estimate of drug-likeness (QED) is 0.563. The Bertz CT molecular complexity index is 947. The molecule has 0 unspecified atom stereocenters. The van der Waals surface area contributed by atoms with Crippen LogP contribution < -0.4 is 0 Å². The van der Waals surface area contributed by atoms with E-state index in [0.29, 0.717) is 11.7 Å². The standard InChI is InChI=1S/C17H12N4O/c1-11-10-14(13-4-2-3-5-15(13)19-11)17-20-16(21-22-17)12-6-8-18-9-7-12/h2-10H,1H3. The molecule has 0 spiro atoms. The van der Waals surface area contributed by atoms with E-state index >= 15 is 0 Å². The second-order valence-corrected chi connectivity index (χ2v) is 4.99. The molecule has 0 fully saturated rings. The van der Waals surface area contributed by atoms with Crippen LogP contribution >= 0.6 is 0 Å². The number of benzene rings is 1. The molecular formula is C17H12N4O. The van der Waals surface area contributed by atoms with Gasteiger partial charge >= 0.3 is 0 Å². The molecule has 0 N–H and O–H groups in total. The summed E-state index contributed by atoms with van der Waals surface area (Å²) in [5.74, 6) is 1.05. The monoisotopic (exact) mass is 288 g/mol. The Morgan fingerprint density at radius 1 is 0.955 bits per heavy atom. The van der Waals surface area contributed by atoms with Crippen molar-refractivity contribution >= 4 is 10.9 Å². The lowest BCUT2D eigenvalue weighted by Crippen LogP contribution is -1.88. The van der Waals surface area contributed by atoms with E-state index in [1.807, 2.05) is 49.4 Å². The minimum atomic E-state index is 0.494. The Hall–Kier alpha value is -3.08. The van der Waals surface area contributed by atoms with Gasteiger partial charge in [-0.15, -0.1) is 0 Å². The van der Waals surface area contributed by atoms with E-state index in [0.717, 1.165) is 27.7 Å². The molecule has 0 amide bonds. The number of pyridine rings is 2. The largest absolute Gasteiger partial charge is 0.334 e. The van der Waals surface area contributed by atoms with E-state index in [1.165, 1.54) is 0 Å². The molecule has 0 atom stereocenters. The Labute approximate surface area is 126 Å². The van der Waals surface area contributed by atoms with Crippen LogP contribution in [0.2, 0.25) is 0 Å². The molecule has 4 rings (SSSR count). The number of aromatic nitrogens is 4. The highest BCUT2D eigenvalue weighted by Gasteiger charge is 2.14. The van der Waals surface area contributed by atoms with Gasteiger partial charge in [-0.2, -0.15) is 4.98 Å². The van der Waals surface area contributed by atoms with E-state index < -0.39 is 0 Å². The van der Waals surface area contributed by atoms with E-state index in [-0.39, 0.29) is 0 Å². The molecule has 3 aromatic heterocycles. The van der Waals surface area contributed by atoms with Crippen molar-refractivity contribution < 1.29 is 4.52 Å². The predicted octanol–water partition coefficient (Wildman–Crippen LogP) is 3.66. The van der Waals surface area contributed by atoms with Crippen molar-refractivity contribution in [1.82, 2.24) is 20.1 Å². The van der Waals surface area contributed by atoms with Crippen LogP contribution in [-0.4, -0.2) is 20.1 Å². The maximum absolute atomic E-state index is 5.46. The third-order valence-corrected chi connectivity index (χ3v) is 3.44. The third-order valence-electron chi connectivity index (χ3n) is 3.44. The molecule has 5 heteroatoms. The van der Waals surface area contributed by atoms with Crippen molar-refractivity contribution in [2.45, 2.75) is 6.92 Å². The van der Waals surface area contributed by atoms with E-state index in [2.05, 4.69) is 20.1 Å². The van der Waals surface area contributed by atoms with E-state index in [1.54, 1.807) is 12.4 Å². The number of rotatable bonds is 2. The first-order chi connectivity index (χ1) is 10.8. The second kappa shape index (κ2) is 5.04. The van der Waals surface area contributed by atoms with Gasteiger partial charge in [0.15, 0.2) is 0 Å². The van der Waals surface area contributed by atoms with Gasteiger partial charge in [0, 0.05) is 29.0 Å². The summed E-state index contributed by atoms with van der Waals surface area (Å²) in [6, 6.07) is 13.6. The summed E-state index contributed by atoms with van der Waals surface area (Å²) < 4.78 is 5.46. The average molecular weight is 288 g/mol. The second-order valence-electron chi connectivity index (χ2n) is 4.99. The SMILES string of the molecule is Cc1cc(-c2nc(-c3ccncc3)no2)c2ccccc2n1. The van der Waals surface area contributed by atoms with Gasteiger partial charge in [-0.3, -0.25) is 9.97 Å². The van der Waals surface area contributed by atoms with Crippen LogP contribution in [0.25, 0.3) is 33.7 Å². The number of para-hydroxylation sites is 1. The summed E-state index contributed by atoms with van der Waals surface area (Å²) in [7, 11) is 0. The van der Waals surface area contributed by atoms with Crippen LogP contribution in [0, 0.1) is 6.92 Å². The maximum atomic E-state index is 5.46. The number of hydrogen-bond donors (Lipinski definition) is 0. The summed E-state index contributed by atoms with van der Waals surface area (Å²) in [6.07, 6.45) is 3.41. The Morgan fingerprint density at radius 3 is 2.64 bits per heavy atom. The van der Waals surface area contributed by atoms with Crippen molar-refractivity contribution in [3.8, 4) is 22.8 Å². The fraction of sp³-hybridized carbons (Fsp3) is 0.0588. The lowest BCUT2D eigenvalue weighted by Gasteiger charge is -2.03. The van der Waals surface area contributed by atoms with Crippen molar-refractivity contribution in [1.29, 1.82) is 0 Å². The van der Waals surface area contributed by atoms with E-state index in [9.17, 15) is 0 Å². The third kappa shape index (κ3) is 2.13. The van der Waals surface area contributed by atoms with Crippen LogP contribution in [0.1, 0.15) is 5.69 Å². The Balaban J connectivity index is 1.88. The summed E-state index contributed by atoms with van der Waals surface area (Å²) in [5, 5.41) is 5.06. The van der Waals surface area contributed by atoms with Crippen LogP contribution in [-0.2, 0) is 0 Å². The number of hydrogen-bond acceptors (Lipinski definition) is 5. The summed E-state index contributed by atoms with van der Waals surface area (Å²) in [6.45, 7) is 1.95. The first kappa shape index (κ1) is 12.6. The molecule has 0 aliphatic heterocycles. The van der Waals surface area contributed by atoms with Crippen molar-refractivity contribution in [2.24, 2.45) is 0 Å². The molecule has 0 saturated heterocycles. The van der Waals surface area contributed by atoms with Crippen LogP contribution in [0.15, 0.2) is 59.4 Å². The Morgan fingerprint density at radius 2 is 1.77 bits per heavy atom. The molecule has 4 aromatic rings. The average Bonchev–Trinajstić information content (AvgIpc) is 3.05. The van der Waals surface area contributed by atoms with Gasteiger partial charge in [-0.1, -0.05) is 23.4 Å². The van der Waals surface area contributed by atoms with Gasteiger partial charge in [-0.25, -0.2) is 0 Å². The van der Waals surface area contributed by atoms with E-state index in [4.69, 9.17) is 4.52 Å². The number of aryl methyl sites for hydroxylation is 1. The topological polar surface area (TPSA) is 64.7 Å². The smallest absolute Gasteiger partial charge is 0.258 e. The first-order valence-electron chi connectivity index (χ1n) is 6.92. The molecule has 22 heavy (non-hydrogen) atoms. The van der Waals surface area contributed by atoms with Crippen LogP contribution in [0.3, 0.4) is 0 Å². The first-order valence-corrected chi connectivity index (χ1v) is 6.92. The lowest BCUT2D eigenvalue weighted by molar-refractivity contribution is 0.432.